The summed E-state index contributed by atoms with van der Waals surface area (Å²) < 4.78 is 16.5. The first-order chi connectivity index (χ1) is 23.5. The fourth-order valence-electron chi connectivity index (χ4n) is 5.43. The summed E-state index contributed by atoms with van der Waals surface area (Å²) in [6, 6.07) is 0. The van der Waals surface area contributed by atoms with Gasteiger partial charge in [0.25, 0.3) is 0 Å². The van der Waals surface area contributed by atoms with Crippen LogP contribution in [-0.2, 0) is 33.4 Å². The van der Waals surface area contributed by atoms with Crippen molar-refractivity contribution in [2.45, 2.75) is 77.6 Å². The maximum absolute atomic E-state index is 12.3. The van der Waals surface area contributed by atoms with Gasteiger partial charge in [0.1, 0.15) is 0 Å². The van der Waals surface area contributed by atoms with E-state index in [1.165, 1.54) is 6.42 Å². The van der Waals surface area contributed by atoms with Crippen molar-refractivity contribution in [3.05, 3.63) is 12.2 Å². The standard InChI is InChI=1S/C35H64N6O7/c1-2-3-11-32(42)36-15-9-26-46-28-30-48-31-29-47-27-10-16-37-33(43)12-7-13-34(44)38-17-21-40-24-22-39(23-25-40)18-8-14-35(45)41-19-5-4-6-20-41/h8,14H,2-7,9-13,15-31H2,1H3,(H,36,42)(H,37,43)(H,38,44)/b14-8+. The third-order valence-corrected chi connectivity index (χ3v) is 8.39. The van der Waals surface area contributed by atoms with Crippen LogP contribution in [0.4, 0.5) is 0 Å². The van der Waals surface area contributed by atoms with E-state index in [2.05, 4.69) is 32.7 Å². The molecule has 4 amide bonds. The Morgan fingerprint density at radius 2 is 1.08 bits per heavy atom. The summed E-state index contributed by atoms with van der Waals surface area (Å²) in [6.45, 7) is 14.1. The highest BCUT2D eigenvalue weighted by Crippen LogP contribution is 2.09. The molecule has 2 rings (SSSR count). The second-order valence-electron chi connectivity index (χ2n) is 12.5. The first-order valence-electron chi connectivity index (χ1n) is 18.4. The number of nitrogens with one attached hydrogen (secondary N) is 3. The third-order valence-electron chi connectivity index (χ3n) is 8.39. The van der Waals surface area contributed by atoms with Crippen LogP contribution >= 0.6 is 0 Å². The number of unbranched alkanes of at least 4 members (excludes halogenated alkanes) is 1. The van der Waals surface area contributed by atoms with Crippen LogP contribution in [0.25, 0.3) is 0 Å². The number of carbonyl (C=O) groups excluding carboxylic acids is 4. The molecule has 2 aliphatic heterocycles. The van der Waals surface area contributed by atoms with Crippen molar-refractivity contribution >= 4 is 23.6 Å². The molecule has 2 heterocycles. The summed E-state index contributed by atoms with van der Waals surface area (Å²) >= 11 is 0. The number of hydrogen-bond donors (Lipinski definition) is 3. The van der Waals surface area contributed by atoms with Gasteiger partial charge in [-0.3, -0.25) is 29.0 Å². The molecule has 276 valence electrons. The summed E-state index contributed by atoms with van der Waals surface area (Å²) in [6.07, 6.45) is 12.4. The smallest absolute Gasteiger partial charge is 0.246 e. The largest absolute Gasteiger partial charge is 0.379 e. The van der Waals surface area contributed by atoms with E-state index in [9.17, 15) is 19.2 Å². The molecular weight excluding hydrogens is 616 g/mol. The molecular formula is C35H64N6O7. The van der Waals surface area contributed by atoms with Gasteiger partial charge in [-0.05, 0) is 44.9 Å². The van der Waals surface area contributed by atoms with E-state index in [4.69, 9.17) is 14.2 Å². The molecule has 48 heavy (non-hydrogen) atoms. The van der Waals surface area contributed by atoms with Gasteiger partial charge in [-0.25, -0.2) is 0 Å². The Kier molecular flexibility index (Phi) is 24.5. The molecule has 3 N–H and O–H groups in total. The predicted molar refractivity (Wildman–Crippen MR) is 187 cm³/mol. The van der Waals surface area contributed by atoms with E-state index in [1.54, 1.807) is 6.08 Å². The van der Waals surface area contributed by atoms with Crippen LogP contribution in [0.3, 0.4) is 0 Å². The zero-order valence-corrected chi connectivity index (χ0v) is 29.7. The van der Waals surface area contributed by atoms with Crippen molar-refractivity contribution < 1.29 is 33.4 Å². The summed E-state index contributed by atoms with van der Waals surface area (Å²) in [4.78, 5) is 54.7. The summed E-state index contributed by atoms with van der Waals surface area (Å²) in [5.74, 6) is 0.178. The van der Waals surface area contributed by atoms with Gasteiger partial charge in [-0.1, -0.05) is 19.4 Å². The van der Waals surface area contributed by atoms with Gasteiger partial charge in [0.15, 0.2) is 0 Å². The minimum atomic E-state index is -0.0476. The molecule has 13 heteroatoms. The minimum absolute atomic E-state index is 0.0183. The number of hydrogen-bond acceptors (Lipinski definition) is 9. The number of carbonyl (C=O) groups is 4. The molecule has 2 aliphatic rings. The lowest BCUT2D eigenvalue weighted by Gasteiger charge is -2.34. The average Bonchev–Trinajstić information content (AvgIpc) is 3.10. The maximum atomic E-state index is 12.3. The molecule has 0 bridgehead atoms. The van der Waals surface area contributed by atoms with Gasteiger partial charge in [-0.2, -0.15) is 0 Å². The number of nitrogens with zero attached hydrogens (tertiary/aromatic N) is 3. The molecule has 2 fully saturated rings. The van der Waals surface area contributed by atoms with E-state index in [0.29, 0.717) is 91.4 Å². The van der Waals surface area contributed by atoms with Gasteiger partial charge in [0.05, 0.1) is 26.4 Å². The molecule has 2 saturated heterocycles. The summed E-state index contributed by atoms with van der Waals surface area (Å²) in [5.41, 5.74) is 0. The normalized spacial score (nSPS) is 15.9. The van der Waals surface area contributed by atoms with Gasteiger partial charge >= 0.3 is 0 Å². The Bertz CT molecular complexity index is 908. The molecule has 0 aromatic rings. The summed E-state index contributed by atoms with van der Waals surface area (Å²) in [7, 11) is 0. The Morgan fingerprint density at radius 1 is 0.583 bits per heavy atom. The number of amides is 4. The first-order valence-corrected chi connectivity index (χ1v) is 18.4. The Labute approximate surface area is 288 Å². The fourth-order valence-corrected chi connectivity index (χ4v) is 5.43. The van der Waals surface area contributed by atoms with Gasteiger partial charge in [0.2, 0.25) is 23.6 Å². The van der Waals surface area contributed by atoms with Crippen LogP contribution in [0.15, 0.2) is 12.2 Å². The Hall–Kier alpha value is -2.58. The zero-order chi connectivity index (χ0) is 34.5. The molecule has 0 aromatic carbocycles. The molecule has 0 aliphatic carbocycles. The number of piperazine rings is 1. The van der Waals surface area contributed by atoms with E-state index >= 15 is 0 Å². The van der Waals surface area contributed by atoms with Crippen molar-refractivity contribution in [1.82, 2.24) is 30.7 Å². The lowest BCUT2D eigenvalue weighted by atomic mass is 10.1. The van der Waals surface area contributed by atoms with Crippen molar-refractivity contribution in [1.29, 1.82) is 0 Å². The highest BCUT2D eigenvalue weighted by atomic mass is 16.5. The van der Waals surface area contributed by atoms with Crippen LogP contribution in [0, 0.1) is 0 Å². The van der Waals surface area contributed by atoms with Crippen molar-refractivity contribution in [2.24, 2.45) is 0 Å². The molecule has 0 aromatic heterocycles. The van der Waals surface area contributed by atoms with Crippen molar-refractivity contribution in [2.75, 3.05) is 112 Å². The maximum Gasteiger partial charge on any atom is 0.246 e. The minimum Gasteiger partial charge on any atom is -0.379 e. The van der Waals surface area contributed by atoms with Crippen molar-refractivity contribution in [3.63, 3.8) is 0 Å². The lowest BCUT2D eigenvalue weighted by molar-refractivity contribution is -0.127. The second-order valence-corrected chi connectivity index (χ2v) is 12.5. The Morgan fingerprint density at radius 3 is 1.65 bits per heavy atom. The first kappa shape index (κ1) is 41.6. The quantitative estimate of drug-likeness (QED) is 0.0874. The second kappa shape index (κ2) is 28.3. The van der Waals surface area contributed by atoms with E-state index in [-0.39, 0.29) is 23.6 Å². The van der Waals surface area contributed by atoms with Crippen LogP contribution in [0.1, 0.15) is 77.6 Å². The third kappa shape index (κ3) is 22.1. The lowest BCUT2D eigenvalue weighted by Crippen LogP contribution is -2.48. The van der Waals surface area contributed by atoms with Crippen LogP contribution in [-0.4, -0.2) is 150 Å². The topological polar surface area (TPSA) is 142 Å². The SMILES string of the molecule is CCCCC(=O)NCCCOCCOCCOCCCNC(=O)CCCC(=O)NCCN1CCN(C/C=C/C(=O)N2CCCCC2)CC1. The Balaban J connectivity index is 1.30. The van der Waals surface area contributed by atoms with Crippen molar-refractivity contribution in [3.8, 4) is 0 Å². The van der Waals surface area contributed by atoms with Gasteiger partial charge in [0, 0.05) is 111 Å². The molecule has 13 nitrogen and oxygen atoms in total. The van der Waals surface area contributed by atoms with Gasteiger partial charge in [-0.15, -0.1) is 0 Å². The molecule has 0 atom stereocenters. The predicted octanol–water partition coefficient (Wildman–Crippen LogP) is 1.71. The molecule has 0 radical (unpaired) electrons. The number of rotatable bonds is 27. The van der Waals surface area contributed by atoms with Crippen LogP contribution in [0.5, 0.6) is 0 Å². The van der Waals surface area contributed by atoms with E-state index < -0.39 is 0 Å². The van der Waals surface area contributed by atoms with E-state index in [0.717, 1.165) is 84.5 Å². The number of likely N-dealkylation sites (tertiary alicyclic amines) is 1. The molecule has 0 unspecified atom stereocenters. The van der Waals surface area contributed by atoms with Gasteiger partial charge < -0.3 is 35.1 Å². The van der Waals surface area contributed by atoms with Crippen LogP contribution < -0.4 is 16.0 Å². The number of piperidine rings is 1. The monoisotopic (exact) mass is 680 g/mol. The highest BCUT2D eigenvalue weighted by Gasteiger charge is 2.17. The van der Waals surface area contributed by atoms with E-state index in [1.807, 2.05) is 11.0 Å². The summed E-state index contributed by atoms with van der Waals surface area (Å²) in [5, 5.41) is 8.74. The highest BCUT2D eigenvalue weighted by molar-refractivity contribution is 5.87. The zero-order valence-electron chi connectivity index (χ0n) is 29.7. The number of ether oxygens (including phenoxy) is 3. The van der Waals surface area contributed by atoms with Crippen LogP contribution in [0.2, 0.25) is 0 Å². The fraction of sp³-hybridized carbons (Fsp3) is 0.829. The average molecular weight is 681 g/mol. The molecule has 0 saturated carbocycles. The molecule has 0 spiro atoms.